The summed E-state index contributed by atoms with van der Waals surface area (Å²) in [7, 11) is 0. The fraction of sp³-hybridized carbons (Fsp3) is 0. The standard InChI is InChI=1S/C7H6N4OS/c8-5-1-2-11(7(12)10-5)6-3-9-4-13-6/h1-4H,(H2,8,10,12). The monoisotopic (exact) mass is 194 g/mol. The largest absolute Gasteiger partial charge is 0.383 e. The molecule has 0 unspecified atom stereocenters. The summed E-state index contributed by atoms with van der Waals surface area (Å²) in [4.78, 5) is 18.7. The Balaban J connectivity index is 2.60. The highest BCUT2D eigenvalue weighted by Gasteiger charge is 2.01. The first kappa shape index (κ1) is 7.93. The summed E-state index contributed by atoms with van der Waals surface area (Å²) in [5.74, 6) is 0.228. The summed E-state index contributed by atoms with van der Waals surface area (Å²) in [5, 5.41) is 0.734. The molecule has 2 heterocycles. The summed E-state index contributed by atoms with van der Waals surface area (Å²) in [5.41, 5.74) is 6.61. The van der Waals surface area contributed by atoms with Gasteiger partial charge in [-0.15, -0.1) is 11.3 Å². The zero-order valence-corrected chi connectivity index (χ0v) is 7.36. The van der Waals surface area contributed by atoms with Crippen molar-refractivity contribution in [1.82, 2.24) is 14.5 Å². The number of nitrogens with two attached hydrogens (primary N) is 1. The molecule has 13 heavy (non-hydrogen) atoms. The lowest BCUT2D eigenvalue weighted by Crippen LogP contribution is -2.20. The van der Waals surface area contributed by atoms with Crippen molar-refractivity contribution in [1.29, 1.82) is 0 Å². The predicted molar refractivity (Wildman–Crippen MR) is 49.9 cm³/mol. The van der Waals surface area contributed by atoms with E-state index in [-0.39, 0.29) is 11.5 Å². The molecule has 2 aromatic rings. The molecule has 2 N–H and O–H groups in total. The van der Waals surface area contributed by atoms with E-state index in [0.717, 1.165) is 5.00 Å². The number of aromatic nitrogens is 3. The third-order valence-electron chi connectivity index (χ3n) is 1.48. The highest BCUT2D eigenvalue weighted by molar-refractivity contribution is 7.12. The average Bonchev–Trinajstić information content (AvgIpc) is 2.56. The van der Waals surface area contributed by atoms with Crippen LogP contribution in [0.25, 0.3) is 5.00 Å². The molecule has 0 saturated carbocycles. The van der Waals surface area contributed by atoms with Crippen molar-refractivity contribution in [3.8, 4) is 5.00 Å². The van der Waals surface area contributed by atoms with Crippen LogP contribution in [0.4, 0.5) is 5.82 Å². The molecule has 0 atom stereocenters. The van der Waals surface area contributed by atoms with E-state index in [9.17, 15) is 4.79 Å². The number of thiazole rings is 1. The SMILES string of the molecule is Nc1ccn(-c2cncs2)c(=O)n1. The zero-order chi connectivity index (χ0) is 9.26. The van der Waals surface area contributed by atoms with E-state index in [1.54, 1.807) is 24.0 Å². The summed E-state index contributed by atoms with van der Waals surface area (Å²) < 4.78 is 1.40. The van der Waals surface area contributed by atoms with Crippen molar-refractivity contribution in [3.63, 3.8) is 0 Å². The zero-order valence-electron chi connectivity index (χ0n) is 6.54. The number of anilines is 1. The molecule has 0 saturated heterocycles. The Labute approximate surface area is 77.5 Å². The first-order chi connectivity index (χ1) is 6.27. The topological polar surface area (TPSA) is 73.8 Å². The Kier molecular flexibility index (Phi) is 1.82. The quantitative estimate of drug-likeness (QED) is 0.707. The van der Waals surface area contributed by atoms with Crippen molar-refractivity contribution in [3.05, 3.63) is 34.5 Å². The van der Waals surface area contributed by atoms with E-state index >= 15 is 0 Å². The molecule has 0 aromatic carbocycles. The van der Waals surface area contributed by atoms with Crippen LogP contribution in [0, 0.1) is 0 Å². The lowest BCUT2D eigenvalue weighted by molar-refractivity contribution is 0.932. The third kappa shape index (κ3) is 1.43. The third-order valence-corrected chi connectivity index (χ3v) is 2.25. The molecule has 0 aliphatic carbocycles. The Bertz CT molecular complexity index is 462. The van der Waals surface area contributed by atoms with Gasteiger partial charge in [-0.3, -0.25) is 9.55 Å². The van der Waals surface area contributed by atoms with Crippen LogP contribution >= 0.6 is 11.3 Å². The number of nitrogen functional groups attached to an aromatic ring is 1. The summed E-state index contributed by atoms with van der Waals surface area (Å²) in [6, 6.07) is 1.57. The van der Waals surface area contributed by atoms with Gasteiger partial charge in [-0.05, 0) is 6.07 Å². The van der Waals surface area contributed by atoms with Gasteiger partial charge >= 0.3 is 5.69 Å². The van der Waals surface area contributed by atoms with Crippen LogP contribution in [0.2, 0.25) is 0 Å². The second-order valence-electron chi connectivity index (χ2n) is 2.34. The van der Waals surface area contributed by atoms with Crippen LogP contribution in [-0.2, 0) is 0 Å². The maximum atomic E-state index is 11.3. The molecule has 0 radical (unpaired) electrons. The molecular weight excluding hydrogens is 188 g/mol. The van der Waals surface area contributed by atoms with Gasteiger partial charge in [0.15, 0.2) is 0 Å². The molecule has 5 nitrogen and oxygen atoms in total. The maximum absolute atomic E-state index is 11.3. The number of hydrogen-bond donors (Lipinski definition) is 1. The maximum Gasteiger partial charge on any atom is 0.354 e. The highest BCUT2D eigenvalue weighted by Crippen LogP contribution is 2.09. The molecular formula is C7H6N4OS. The fourth-order valence-electron chi connectivity index (χ4n) is 0.912. The van der Waals surface area contributed by atoms with E-state index in [1.807, 2.05) is 0 Å². The molecule has 66 valence electrons. The first-order valence-electron chi connectivity index (χ1n) is 3.51. The van der Waals surface area contributed by atoms with Crippen LogP contribution in [0.15, 0.2) is 28.8 Å². The first-order valence-corrected chi connectivity index (χ1v) is 4.39. The average molecular weight is 194 g/mol. The van der Waals surface area contributed by atoms with Gasteiger partial charge < -0.3 is 5.73 Å². The van der Waals surface area contributed by atoms with E-state index in [1.165, 1.54) is 15.9 Å². The molecule has 0 bridgehead atoms. The van der Waals surface area contributed by atoms with Crippen molar-refractivity contribution < 1.29 is 0 Å². The second kappa shape index (κ2) is 2.98. The van der Waals surface area contributed by atoms with Crippen molar-refractivity contribution in [2.24, 2.45) is 0 Å². The van der Waals surface area contributed by atoms with Crippen molar-refractivity contribution in [2.75, 3.05) is 5.73 Å². The molecule has 2 rings (SSSR count). The van der Waals surface area contributed by atoms with E-state index < -0.39 is 0 Å². The van der Waals surface area contributed by atoms with Gasteiger partial charge in [0.1, 0.15) is 10.8 Å². The molecule has 0 aliphatic rings. The van der Waals surface area contributed by atoms with Gasteiger partial charge in [0, 0.05) is 6.20 Å². The van der Waals surface area contributed by atoms with Gasteiger partial charge in [0.2, 0.25) is 0 Å². The van der Waals surface area contributed by atoms with Crippen LogP contribution in [0.5, 0.6) is 0 Å². The minimum atomic E-state index is -0.385. The Morgan fingerprint density at radius 1 is 1.54 bits per heavy atom. The van der Waals surface area contributed by atoms with E-state index in [2.05, 4.69) is 9.97 Å². The molecule has 2 aromatic heterocycles. The summed E-state index contributed by atoms with van der Waals surface area (Å²) >= 11 is 1.37. The molecule has 0 fully saturated rings. The molecule has 0 amide bonds. The van der Waals surface area contributed by atoms with Crippen molar-refractivity contribution >= 4 is 17.2 Å². The number of rotatable bonds is 1. The Hall–Kier alpha value is -1.69. The normalized spacial score (nSPS) is 10.2. The number of hydrogen-bond acceptors (Lipinski definition) is 5. The number of nitrogens with zero attached hydrogens (tertiary/aromatic N) is 3. The lowest BCUT2D eigenvalue weighted by atomic mass is 10.6. The van der Waals surface area contributed by atoms with Crippen LogP contribution < -0.4 is 11.4 Å². The predicted octanol–water partition coefficient (Wildman–Crippen LogP) is 0.271. The van der Waals surface area contributed by atoms with Crippen LogP contribution in [0.1, 0.15) is 0 Å². The van der Waals surface area contributed by atoms with Crippen LogP contribution in [-0.4, -0.2) is 14.5 Å². The minimum Gasteiger partial charge on any atom is -0.383 e. The summed E-state index contributed by atoms with van der Waals surface area (Å²) in [6.45, 7) is 0. The van der Waals surface area contributed by atoms with Gasteiger partial charge in [-0.1, -0.05) is 0 Å². The van der Waals surface area contributed by atoms with Gasteiger partial charge in [0.25, 0.3) is 0 Å². The van der Waals surface area contributed by atoms with E-state index in [4.69, 9.17) is 5.73 Å². The fourth-order valence-corrected chi connectivity index (χ4v) is 1.52. The molecule has 0 spiro atoms. The highest BCUT2D eigenvalue weighted by atomic mass is 32.1. The summed E-state index contributed by atoms with van der Waals surface area (Å²) in [6.07, 6.45) is 3.18. The van der Waals surface area contributed by atoms with E-state index in [0.29, 0.717) is 0 Å². The van der Waals surface area contributed by atoms with Gasteiger partial charge in [-0.25, -0.2) is 4.79 Å². The Morgan fingerprint density at radius 2 is 2.38 bits per heavy atom. The van der Waals surface area contributed by atoms with Gasteiger partial charge in [0.05, 0.1) is 11.7 Å². The molecule has 0 aliphatic heterocycles. The molecule has 6 heteroatoms. The second-order valence-corrected chi connectivity index (χ2v) is 3.21. The van der Waals surface area contributed by atoms with Crippen LogP contribution in [0.3, 0.4) is 0 Å². The van der Waals surface area contributed by atoms with Crippen molar-refractivity contribution in [2.45, 2.75) is 0 Å². The lowest BCUT2D eigenvalue weighted by Gasteiger charge is -1.98. The smallest absolute Gasteiger partial charge is 0.354 e. The van der Waals surface area contributed by atoms with Gasteiger partial charge in [-0.2, -0.15) is 4.98 Å². The minimum absolute atomic E-state index is 0.228. The Morgan fingerprint density at radius 3 is 3.00 bits per heavy atom.